The van der Waals surface area contributed by atoms with Crippen LogP contribution in [0.1, 0.15) is 16.7 Å². The molecule has 0 saturated carbocycles. The van der Waals surface area contributed by atoms with Crippen molar-refractivity contribution < 1.29 is 14.3 Å². The fourth-order valence-corrected chi connectivity index (χ4v) is 3.63. The van der Waals surface area contributed by atoms with Crippen molar-refractivity contribution in [2.75, 3.05) is 12.3 Å². The van der Waals surface area contributed by atoms with E-state index in [4.69, 9.17) is 4.74 Å². The molecule has 29 heavy (non-hydrogen) atoms. The zero-order valence-corrected chi connectivity index (χ0v) is 17.2. The molecule has 0 fully saturated rings. The van der Waals surface area contributed by atoms with Gasteiger partial charge in [-0.3, -0.25) is 14.2 Å². The lowest BCUT2D eigenvalue weighted by Gasteiger charge is -2.10. The van der Waals surface area contributed by atoms with E-state index in [1.54, 1.807) is 6.20 Å². The van der Waals surface area contributed by atoms with Gasteiger partial charge in [0, 0.05) is 18.1 Å². The second kappa shape index (κ2) is 9.93. The van der Waals surface area contributed by atoms with Gasteiger partial charge in [0.25, 0.3) is 0 Å². The normalized spacial score (nSPS) is 10.6. The molecule has 3 rings (SSSR count). The number of nitrogens with one attached hydrogen (secondary N) is 1. The molecule has 2 aromatic carbocycles. The molecular formula is C22H23N3O3S. The summed E-state index contributed by atoms with van der Waals surface area (Å²) in [5, 5.41) is 3.31. The number of thioether (sulfide) groups is 1. The molecule has 6 nitrogen and oxygen atoms in total. The number of esters is 1. The molecule has 7 heteroatoms. The quantitative estimate of drug-likeness (QED) is 0.456. The molecule has 0 radical (unpaired) electrons. The average Bonchev–Trinajstić information content (AvgIpc) is 3.18. The summed E-state index contributed by atoms with van der Waals surface area (Å²) in [4.78, 5) is 28.2. The van der Waals surface area contributed by atoms with Crippen LogP contribution in [0.3, 0.4) is 0 Å². The van der Waals surface area contributed by atoms with E-state index in [1.165, 1.54) is 11.8 Å². The number of aromatic nitrogens is 2. The smallest absolute Gasteiger partial charge is 0.325 e. The number of hydrogen-bond donors (Lipinski definition) is 1. The molecular weight excluding hydrogens is 386 g/mol. The molecule has 0 spiro atoms. The zero-order valence-electron chi connectivity index (χ0n) is 16.4. The van der Waals surface area contributed by atoms with Crippen molar-refractivity contribution in [1.82, 2.24) is 14.9 Å². The maximum atomic E-state index is 12.1. The first kappa shape index (κ1) is 20.7. The summed E-state index contributed by atoms with van der Waals surface area (Å²) in [5.41, 5.74) is 4.24. The molecule has 0 aliphatic heterocycles. The second-order valence-corrected chi connectivity index (χ2v) is 7.58. The third-order valence-electron chi connectivity index (χ3n) is 4.10. The number of benzene rings is 2. The van der Waals surface area contributed by atoms with E-state index in [2.05, 4.69) is 28.5 Å². The van der Waals surface area contributed by atoms with Crippen LogP contribution in [0.15, 0.2) is 66.1 Å². The molecule has 1 aromatic heterocycles. The van der Waals surface area contributed by atoms with Crippen LogP contribution in [-0.2, 0) is 20.9 Å². The Morgan fingerprint density at radius 1 is 1.10 bits per heavy atom. The van der Waals surface area contributed by atoms with Crippen LogP contribution >= 0.6 is 11.8 Å². The third kappa shape index (κ3) is 6.22. The fourth-order valence-electron chi connectivity index (χ4n) is 2.82. The molecule has 0 unspecified atom stereocenters. The summed E-state index contributed by atoms with van der Waals surface area (Å²) < 4.78 is 7.10. The highest BCUT2D eigenvalue weighted by Gasteiger charge is 2.11. The van der Waals surface area contributed by atoms with E-state index < -0.39 is 5.97 Å². The molecule has 1 amide bonds. The van der Waals surface area contributed by atoms with Crippen LogP contribution in [0.4, 0.5) is 0 Å². The van der Waals surface area contributed by atoms with Crippen molar-refractivity contribution >= 4 is 23.6 Å². The molecule has 0 aliphatic carbocycles. The minimum absolute atomic E-state index is 0.155. The monoisotopic (exact) mass is 409 g/mol. The summed E-state index contributed by atoms with van der Waals surface area (Å²) in [7, 11) is 0. The number of carbonyl (C=O) groups excluding carboxylic acids is 2. The van der Waals surface area contributed by atoms with Crippen LogP contribution in [0.2, 0.25) is 0 Å². The van der Waals surface area contributed by atoms with E-state index in [0.29, 0.717) is 0 Å². The second-order valence-electron chi connectivity index (χ2n) is 6.64. The maximum absolute atomic E-state index is 12.1. The molecule has 0 saturated heterocycles. The first-order chi connectivity index (χ1) is 14.0. The van der Waals surface area contributed by atoms with E-state index in [-0.39, 0.29) is 24.8 Å². The maximum Gasteiger partial charge on any atom is 0.325 e. The van der Waals surface area contributed by atoms with Gasteiger partial charge in [0.2, 0.25) is 5.91 Å². The molecule has 1 N–H and O–H groups in total. The number of ether oxygens (including phenoxy) is 1. The zero-order chi connectivity index (χ0) is 20.6. The van der Waals surface area contributed by atoms with Gasteiger partial charge in [0.15, 0.2) is 5.16 Å². The van der Waals surface area contributed by atoms with Gasteiger partial charge in [-0.25, -0.2) is 4.98 Å². The Kier molecular flexibility index (Phi) is 7.08. The number of aryl methyl sites for hydroxylation is 2. The van der Waals surface area contributed by atoms with E-state index in [9.17, 15) is 9.59 Å². The lowest BCUT2D eigenvalue weighted by Crippen LogP contribution is -2.31. The number of hydrogen-bond acceptors (Lipinski definition) is 5. The van der Waals surface area contributed by atoms with Gasteiger partial charge in [-0.1, -0.05) is 48.2 Å². The van der Waals surface area contributed by atoms with E-state index in [0.717, 1.165) is 27.5 Å². The SMILES string of the molecule is Cc1cc(C)cc(-n2ccnc2SCC(=O)NCC(=O)OCc2ccccc2)c1. The number of rotatable bonds is 8. The van der Waals surface area contributed by atoms with Crippen LogP contribution in [0.5, 0.6) is 0 Å². The standard InChI is InChI=1S/C22H23N3O3S/c1-16-10-17(2)12-19(11-16)25-9-8-23-22(25)29-15-20(26)24-13-21(27)28-14-18-6-4-3-5-7-18/h3-12H,13-15H2,1-2H3,(H,24,26). The first-order valence-electron chi connectivity index (χ1n) is 9.22. The Morgan fingerprint density at radius 2 is 1.83 bits per heavy atom. The molecule has 0 aliphatic rings. The van der Waals surface area contributed by atoms with Crippen LogP contribution in [0, 0.1) is 13.8 Å². The van der Waals surface area contributed by atoms with Crippen molar-refractivity contribution in [3.63, 3.8) is 0 Å². The summed E-state index contributed by atoms with van der Waals surface area (Å²) in [6.07, 6.45) is 3.58. The lowest BCUT2D eigenvalue weighted by atomic mass is 10.1. The van der Waals surface area contributed by atoms with E-state index >= 15 is 0 Å². The summed E-state index contributed by atoms with van der Waals surface area (Å²) in [6.45, 7) is 4.13. The Bertz CT molecular complexity index is 966. The van der Waals surface area contributed by atoms with Crippen LogP contribution in [0.25, 0.3) is 5.69 Å². The predicted octanol–water partition coefficient (Wildman–Crippen LogP) is 3.44. The van der Waals surface area contributed by atoms with E-state index in [1.807, 2.05) is 54.9 Å². The van der Waals surface area contributed by atoms with Crippen molar-refractivity contribution in [2.24, 2.45) is 0 Å². The fraction of sp³-hybridized carbons (Fsp3) is 0.227. The Balaban J connectivity index is 1.46. The topological polar surface area (TPSA) is 73.2 Å². The summed E-state index contributed by atoms with van der Waals surface area (Å²) in [6, 6.07) is 15.7. The molecule has 1 heterocycles. The molecule has 0 bridgehead atoms. The number of nitrogens with zero attached hydrogens (tertiary/aromatic N) is 2. The van der Waals surface area contributed by atoms with Gasteiger partial charge in [0.1, 0.15) is 13.2 Å². The largest absolute Gasteiger partial charge is 0.460 e. The van der Waals surface area contributed by atoms with Gasteiger partial charge >= 0.3 is 5.97 Å². The van der Waals surface area contributed by atoms with Crippen molar-refractivity contribution in [3.05, 3.63) is 77.6 Å². The van der Waals surface area contributed by atoms with Crippen molar-refractivity contribution in [3.8, 4) is 5.69 Å². The Labute approximate surface area is 174 Å². The van der Waals surface area contributed by atoms with Gasteiger partial charge < -0.3 is 10.1 Å². The summed E-state index contributed by atoms with van der Waals surface area (Å²) in [5.74, 6) is -0.557. The minimum Gasteiger partial charge on any atom is -0.460 e. The molecule has 0 atom stereocenters. The van der Waals surface area contributed by atoms with Gasteiger partial charge in [-0.15, -0.1) is 0 Å². The number of amides is 1. The highest BCUT2D eigenvalue weighted by atomic mass is 32.2. The van der Waals surface area contributed by atoms with Crippen molar-refractivity contribution in [2.45, 2.75) is 25.6 Å². The average molecular weight is 410 g/mol. The van der Waals surface area contributed by atoms with Gasteiger partial charge in [0.05, 0.1) is 5.75 Å². The Morgan fingerprint density at radius 3 is 2.55 bits per heavy atom. The predicted molar refractivity (Wildman–Crippen MR) is 113 cm³/mol. The van der Waals surface area contributed by atoms with Crippen LogP contribution < -0.4 is 5.32 Å². The number of imidazole rings is 1. The summed E-state index contributed by atoms with van der Waals surface area (Å²) >= 11 is 1.32. The van der Waals surface area contributed by atoms with Crippen LogP contribution in [-0.4, -0.2) is 33.7 Å². The lowest BCUT2D eigenvalue weighted by molar-refractivity contribution is -0.145. The van der Waals surface area contributed by atoms with Gasteiger partial charge in [-0.05, 0) is 42.7 Å². The van der Waals surface area contributed by atoms with Gasteiger partial charge in [-0.2, -0.15) is 0 Å². The number of carbonyl (C=O) groups is 2. The Hall–Kier alpha value is -3.06. The molecule has 3 aromatic rings. The minimum atomic E-state index is -0.469. The highest BCUT2D eigenvalue weighted by Crippen LogP contribution is 2.22. The molecule has 150 valence electrons. The third-order valence-corrected chi connectivity index (χ3v) is 5.06. The highest BCUT2D eigenvalue weighted by molar-refractivity contribution is 7.99. The first-order valence-corrected chi connectivity index (χ1v) is 10.2. The van der Waals surface area contributed by atoms with Crippen molar-refractivity contribution in [1.29, 1.82) is 0 Å².